The van der Waals surface area contributed by atoms with E-state index in [4.69, 9.17) is 4.74 Å². The van der Waals surface area contributed by atoms with Crippen LogP contribution in [0.15, 0.2) is 42.6 Å². The molecule has 1 N–H and O–H groups in total. The maximum Gasteiger partial charge on any atom is 0.182 e. The molecule has 0 aliphatic carbocycles. The van der Waals surface area contributed by atoms with Gasteiger partial charge in [0.05, 0.1) is 19.8 Å². The van der Waals surface area contributed by atoms with Crippen molar-refractivity contribution < 1.29 is 9.84 Å². The number of nitrogens with zero attached hydrogens (tertiary/aromatic N) is 5. The average molecular weight is 379 g/mol. The first-order valence-corrected chi connectivity index (χ1v) is 9.61. The van der Waals surface area contributed by atoms with Crippen LogP contribution in [0.5, 0.6) is 0 Å². The van der Waals surface area contributed by atoms with Gasteiger partial charge in [-0.1, -0.05) is 18.2 Å². The Morgan fingerprint density at radius 3 is 2.68 bits per heavy atom. The van der Waals surface area contributed by atoms with Crippen molar-refractivity contribution in [2.75, 3.05) is 32.8 Å². The Balaban J connectivity index is 1.59. The molecule has 1 fully saturated rings. The third kappa shape index (κ3) is 4.11. The molecule has 0 radical (unpaired) electrons. The maximum atomic E-state index is 9.40. The summed E-state index contributed by atoms with van der Waals surface area (Å²) in [7, 11) is 0. The minimum Gasteiger partial charge on any atom is -0.392 e. The molecule has 0 amide bonds. The molecule has 1 aromatic carbocycles. The summed E-state index contributed by atoms with van der Waals surface area (Å²) in [5.74, 6) is 1.67. The second-order valence-corrected chi connectivity index (χ2v) is 6.96. The zero-order valence-electron chi connectivity index (χ0n) is 16.1. The van der Waals surface area contributed by atoms with Crippen LogP contribution in [-0.4, -0.2) is 62.6 Å². The molecular formula is C21H25N5O2. The lowest BCUT2D eigenvalue weighted by atomic mass is 10.0. The fourth-order valence-electron chi connectivity index (χ4n) is 3.49. The third-order valence-electron chi connectivity index (χ3n) is 5.11. The van der Waals surface area contributed by atoms with E-state index in [1.165, 1.54) is 0 Å². The van der Waals surface area contributed by atoms with Gasteiger partial charge < -0.3 is 14.4 Å². The number of hydrogen-bond donors (Lipinski definition) is 1. The average Bonchev–Trinajstić information content (AvgIpc) is 3.13. The van der Waals surface area contributed by atoms with E-state index in [0.717, 1.165) is 73.4 Å². The molecule has 0 spiro atoms. The van der Waals surface area contributed by atoms with Crippen LogP contribution in [0.2, 0.25) is 0 Å². The number of aromatic nitrogens is 4. The minimum absolute atomic E-state index is 0.0286. The van der Waals surface area contributed by atoms with Gasteiger partial charge in [0.2, 0.25) is 0 Å². The Labute approximate surface area is 164 Å². The molecule has 7 heteroatoms. The lowest BCUT2D eigenvalue weighted by Crippen LogP contribution is -2.38. The quantitative estimate of drug-likeness (QED) is 0.707. The first-order valence-electron chi connectivity index (χ1n) is 9.61. The summed E-state index contributed by atoms with van der Waals surface area (Å²) in [4.78, 5) is 6.94. The summed E-state index contributed by atoms with van der Waals surface area (Å²) >= 11 is 0. The van der Waals surface area contributed by atoms with E-state index >= 15 is 0 Å². The van der Waals surface area contributed by atoms with Gasteiger partial charge in [-0.3, -0.25) is 9.88 Å². The molecule has 1 aliphatic heterocycles. The molecule has 1 saturated heterocycles. The van der Waals surface area contributed by atoms with Gasteiger partial charge in [-0.2, -0.15) is 0 Å². The Morgan fingerprint density at radius 2 is 1.86 bits per heavy atom. The molecule has 0 bridgehead atoms. The van der Waals surface area contributed by atoms with Gasteiger partial charge >= 0.3 is 0 Å². The van der Waals surface area contributed by atoms with Gasteiger partial charge in [0, 0.05) is 32.4 Å². The van der Waals surface area contributed by atoms with Gasteiger partial charge in [0.25, 0.3) is 0 Å². The third-order valence-corrected chi connectivity index (χ3v) is 5.11. The van der Waals surface area contributed by atoms with E-state index in [0.29, 0.717) is 0 Å². The molecule has 146 valence electrons. The van der Waals surface area contributed by atoms with E-state index in [9.17, 15) is 5.11 Å². The Hall–Kier alpha value is -2.61. The standard InChI is InChI=1S/C21H25N5O2/c1-16-23-24-21(26(16)8-7-25-9-11-28-12-10-25)20-14-19(5-6-22-20)18-4-2-3-17(13-18)15-27/h2-6,13-14,27H,7-12,15H2,1H3. The van der Waals surface area contributed by atoms with Crippen LogP contribution in [-0.2, 0) is 17.9 Å². The smallest absolute Gasteiger partial charge is 0.182 e. The van der Waals surface area contributed by atoms with Crippen molar-refractivity contribution in [2.24, 2.45) is 0 Å². The number of pyridine rings is 1. The molecule has 4 rings (SSSR count). The number of benzene rings is 1. The zero-order valence-corrected chi connectivity index (χ0v) is 16.1. The second-order valence-electron chi connectivity index (χ2n) is 6.96. The van der Waals surface area contributed by atoms with Gasteiger partial charge in [-0.05, 0) is 41.8 Å². The number of aliphatic hydroxyl groups is 1. The SMILES string of the molecule is Cc1nnc(-c2cc(-c3cccc(CO)c3)ccn2)n1CCN1CCOCC1. The van der Waals surface area contributed by atoms with E-state index in [2.05, 4.69) is 24.6 Å². The molecule has 0 saturated carbocycles. The van der Waals surface area contributed by atoms with E-state index in [1.807, 2.05) is 43.3 Å². The topological polar surface area (TPSA) is 76.3 Å². The van der Waals surface area contributed by atoms with Crippen molar-refractivity contribution in [1.29, 1.82) is 0 Å². The monoisotopic (exact) mass is 379 g/mol. The number of ether oxygens (including phenoxy) is 1. The summed E-state index contributed by atoms with van der Waals surface area (Å²) in [6.07, 6.45) is 1.80. The largest absolute Gasteiger partial charge is 0.392 e. The highest BCUT2D eigenvalue weighted by Crippen LogP contribution is 2.25. The number of morpholine rings is 1. The predicted octanol–water partition coefficient (Wildman–Crippen LogP) is 2.14. The van der Waals surface area contributed by atoms with Gasteiger partial charge in [0.15, 0.2) is 5.82 Å². The summed E-state index contributed by atoms with van der Waals surface area (Å²) in [6, 6.07) is 11.9. The first kappa shape index (κ1) is 18.7. The van der Waals surface area contributed by atoms with E-state index in [1.54, 1.807) is 6.20 Å². The Bertz CT molecular complexity index is 934. The molecule has 28 heavy (non-hydrogen) atoms. The highest BCUT2D eigenvalue weighted by molar-refractivity contribution is 5.68. The van der Waals surface area contributed by atoms with Crippen LogP contribution >= 0.6 is 0 Å². The van der Waals surface area contributed by atoms with Crippen molar-refractivity contribution in [3.05, 3.63) is 54.0 Å². The first-order chi connectivity index (χ1) is 13.7. The molecule has 0 atom stereocenters. The van der Waals surface area contributed by atoms with Crippen molar-refractivity contribution in [3.63, 3.8) is 0 Å². The molecular weight excluding hydrogens is 354 g/mol. The van der Waals surface area contributed by atoms with E-state index < -0.39 is 0 Å². The summed E-state index contributed by atoms with van der Waals surface area (Å²) in [5, 5.41) is 18.1. The fraction of sp³-hybridized carbons (Fsp3) is 0.381. The van der Waals surface area contributed by atoms with Crippen LogP contribution in [0.4, 0.5) is 0 Å². The minimum atomic E-state index is 0.0286. The molecule has 3 heterocycles. The second kappa shape index (κ2) is 8.60. The predicted molar refractivity (Wildman–Crippen MR) is 107 cm³/mol. The van der Waals surface area contributed by atoms with Crippen LogP contribution < -0.4 is 0 Å². The lowest BCUT2D eigenvalue weighted by molar-refractivity contribution is 0.0364. The van der Waals surface area contributed by atoms with Gasteiger partial charge in [0.1, 0.15) is 11.5 Å². The summed E-state index contributed by atoms with van der Waals surface area (Å²) < 4.78 is 7.56. The summed E-state index contributed by atoms with van der Waals surface area (Å²) in [5.41, 5.74) is 3.78. The Kier molecular flexibility index (Phi) is 5.76. The molecule has 1 aliphatic rings. The Morgan fingerprint density at radius 1 is 1.04 bits per heavy atom. The maximum absolute atomic E-state index is 9.40. The van der Waals surface area contributed by atoms with Gasteiger partial charge in [-0.15, -0.1) is 10.2 Å². The number of aliphatic hydroxyl groups excluding tert-OH is 1. The molecule has 3 aromatic rings. The van der Waals surface area contributed by atoms with Crippen LogP contribution in [0.1, 0.15) is 11.4 Å². The van der Waals surface area contributed by atoms with Gasteiger partial charge in [-0.25, -0.2) is 0 Å². The molecule has 2 aromatic heterocycles. The molecule has 7 nitrogen and oxygen atoms in total. The highest BCUT2D eigenvalue weighted by atomic mass is 16.5. The molecule has 0 unspecified atom stereocenters. The van der Waals surface area contributed by atoms with Crippen LogP contribution in [0.3, 0.4) is 0 Å². The number of hydrogen-bond acceptors (Lipinski definition) is 6. The van der Waals surface area contributed by atoms with Crippen molar-refractivity contribution in [1.82, 2.24) is 24.6 Å². The fourth-order valence-corrected chi connectivity index (χ4v) is 3.49. The highest BCUT2D eigenvalue weighted by Gasteiger charge is 2.16. The normalized spacial score (nSPS) is 15.1. The van der Waals surface area contributed by atoms with Crippen molar-refractivity contribution in [3.8, 4) is 22.6 Å². The number of aryl methyl sites for hydroxylation is 1. The van der Waals surface area contributed by atoms with Crippen molar-refractivity contribution >= 4 is 0 Å². The summed E-state index contributed by atoms with van der Waals surface area (Å²) in [6.45, 7) is 7.28. The lowest BCUT2D eigenvalue weighted by Gasteiger charge is -2.26. The van der Waals surface area contributed by atoms with E-state index in [-0.39, 0.29) is 6.61 Å². The zero-order chi connectivity index (χ0) is 19.3. The van der Waals surface area contributed by atoms with Crippen LogP contribution in [0.25, 0.3) is 22.6 Å². The van der Waals surface area contributed by atoms with Crippen molar-refractivity contribution in [2.45, 2.75) is 20.1 Å². The van der Waals surface area contributed by atoms with Crippen LogP contribution in [0, 0.1) is 6.92 Å². The number of rotatable bonds is 6.